The third-order valence-corrected chi connectivity index (χ3v) is 4.28. The highest BCUT2D eigenvalue weighted by Crippen LogP contribution is 2.16. The van der Waals surface area contributed by atoms with E-state index < -0.39 is 5.97 Å². The summed E-state index contributed by atoms with van der Waals surface area (Å²) in [4.78, 5) is 23.9. The first-order valence-electron chi connectivity index (χ1n) is 7.74. The first kappa shape index (κ1) is 18.0. The smallest absolute Gasteiger partial charge is 0.345 e. The van der Waals surface area contributed by atoms with Crippen LogP contribution in [0.2, 0.25) is 0 Å². The Labute approximate surface area is 145 Å². The number of carboxylic acid groups (broad SMARTS) is 1. The Morgan fingerprint density at radius 2 is 1.88 bits per heavy atom. The van der Waals surface area contributed by atoms with Crippen molar-refractivity contribution in [3.05, 3.63) is 51.7 Å². The SMILES string of the molecule is CC(C)COc1ccc(CC(=O)NCc2ccc(C(=O)O)s2)cc1. The van der Waals surface area contributed by atoms with Crippen LogP contribution in [0.5, 0.6) is 5.75 Å². The quantitative estimate of drug-likeness (QED) is 0.768. The molecule has 0 aliphatic rings. The van der Waals surface area contributed by atoms with Crippen LogP contribution in [-0.4, -0.2) is 23.6 Å². The van der Waals surface area contributed by atoms with Gasteiger partial charge in [-0.05, 0) is 35.7 Å². The average molecular weight is 347 g/mol. The first-order chi connectivity index (χ1) is 11.4. The largest absolute Gasteiger partial charge is 0.493 e. The van der Waals surface area contributed by atoms with Crippen LogP contribution >= 0.6 is 11.3 Å². The van der Waals surface area contributed by atoms with E-state index in [0.29, 0.717) is 19.1 Å². The Hall–Kier alpha value is -2.34. The molecule has 24 heavy (non-hydrogen) atoms. The molecule has 0 saturated heterocycles. The van der Waals surface area contributed by atoms with E-state index in [1.807, 2.05) is 24.3 Å². The molecule has 6 heteroatoms. The Bertz CT molecular complexity index is 691. The van der Waals surface area contributed by atoms with Crippen LogP contribution in [0.4, 0.5) is 0 Å². The molecule has 1 aromatic carbocycles. The molecule has 0 fully saturated rings. The minimum atomic E-state index is -0.947. The maximum absolute atomic E-state index is 12.0. The van der Waals surface area contributed by atoms with Crippen molar-refractivity contribution < 1.29 is 19.4 Å². The van der Waals surface area contributed by atoms with Crippen molar-refractivity contribution in [3.63, 3.8) is 0 Å². The third-order valence-electron chi connectivity index (χ3n) is 3.20. The number of ether oxygens (including phenoxy) is 1. The van der Waals surface area contributed by atoms with E-state index in [1.54, 1.807) is 12.1 Å². The Morgan fingerprint density at radius 3 is 2.46 bits per heavy atom. The van der Waals surface area contributed by atoms with Crippen LogP contribution in [0.1, 0.15) is 34.0 Å². The van der Waals surface area contributed by atoms with Gasteiger partial charge in [0.1, 0.15) is 10.6 Å². The molecule has 0 radical (unpaired) electrons. The minimum Gasteiger partial charge on any atom is -0.493 e. The molecule has 5 nitrogen and oxygen atoms in total. The van der Waals surface area contributed by atoms with Gasteiger partial charge in [-0.2, -0.15) is 0 Å². The number of aromatic carboxylic acids is 1. The van der Waals surface area contributed by atoms with Crippen molar-refractivity contribution in [3.8, 4) is 5.75 Å². The second kappa shape index (κ2) is 8.49. The number of thiophene rings is 1. The summed E-state index contributed by atoms with van der Waals surface area (Å²) in [6.07, 6.45) is 0.279. The molecule has 0 atom stereocenters. The van der Waals surface area contributed by atoms with Gasteiger partial charge in [0, 0.05) is 4.88 Å². The van der Waals surface area contributed by atoms with Gasteiger partial charge in [0.25, 0.3) is 0 Å². The van der Waals surface area contributed by atoms with Gasteiger partial charge in [-0.3, -0.25) is 4.79 Å². The highest BCUT2D eigenvalue weighted by atomic mass is 32.1. The molecule has 2 aromatic rings. The third kappa shape index (κ3) is 5.70. The lowest BCUT2D eigenvalue weighted by Gasteiger charge is -2.09. The minimum absolute atomic E-state index is 0.101. The Balaban J connectivity index is 1.80. The van der Waals surface area contributed by atoms with E-state index in [1.165, 1.54) is 11.3 Å². The van der Waals surface area contributed by atoms with Crippen LogP contribution in [-0.2, 0) is 17.8 Å². The van der Waals surface area contributed by atoms with Gasteiger partial charge in [0.05, 0.1) is 19.6 Å². The van der Waals surface area contributed by atoms with Crippen molar-refractivity contribution in [2.45, 2.75) is 26.8 Å². The number of carbonyl (C=O) groups excluding carboxylic acids is 1. The fourth-order valence-corrected chi connectivity index (χ4v) is 2.77. The molecule has 1 amide bonds. The van der Waals surface area contributed by atoms with Gasteiger partial charge >= 0.3 is 5.97 Å². The highest BCUT2D eigenvalue weighted by molar-refractivity contribution is 7.13. The van der Waals surface area contributed by atoms with Crippen LogP contribution in [0.3, 0.4) is 0 Å². The lowest BCUT2D eigenvalue weighted by Crippen LogP contribution is -2.24. The number of amides is 1. The van der Waals surface area contributed by atoms with Gasteiger partial charge in [0.2, 0.25) is 5.91 Å². The molecular formula is C18H21NO4S. The summed E-state index contributed by atoms with van der Waals surface area (Å²) < 4.78 is 5.61. The topological polar surface area (TPSA) is 75.6 Å². The molecule has 2 rings (SSSR count). The monoisotopic (exact) mass is 347 g/mol. The maximum Gasteiger partial charge on any atom is 0.345 e. The zero-order chi connectivity index (χ0) is 17.5. The zero-order valence-electron chi connectivity index (χ0n) is 13.7. The predicted octanol–water partition coefficient (Wildman–Crippen LogP) is 3.34. The van der Waals surface area contributed by atoms with E-state index in [2.05, 4.69) is 19.2 Å². The Morgan fingerprint density at radius 1 is 1.17 bits per heavy atom. The number of hydrogen-bond acceptors (Lipinski definition) is 4. The van der Waals surface area contributed by atoms with Crippen molar-refractivity contribution in [1.29, 1.82) is 0 Å². The fraction of sp³-hybridized carbons (Fsp3) is 0.333. The molecule has 0 aliphatic heterocycles. The van der Waals surface area contributed by atoms with E-state index in [4.69, 9.17) is 9.84 Å². The van der Waals surface area contributed by atoms with Gasteiger partial charge in [-0.25, -0.2) is 4.79 Å². The van der Waals surface area contributed by atoms with E-state index in [9.17, 15) is 9.59 Å². The van der Waals surface area contributed by atoms with Crippen LogP contribution in [0, 0.1) is 5.92 Å². The average Bonchev–Trinajstić information content (AvgIpc) is 3.01. The molecule has 0 spiro atoms. The zero-order valence-corrected chi connectivity index (χ0v) is 14.6. The molecule has 0 bridgehead atoms. The van der Waals surface area contributed by atoms with Crippen molar-refractivity contribution in [1.82, 2.24) is 5.32 Å². The summed E-state index contributed by atoms with van der Waals surface area (Å²) in [5, 5.41) is 11.7. The van der Waals surface area contributed by atoms with Crippen molar-refractivity contribution in [2.24, 2.45) is 5.92 Å². The van der Waals surface area contributed by atoms with Crippen LogP contribution in [0.15, 0.2) is 36.4 Å². The number of hydrogen-bond donors (Lipinski definition) is 2. The molecular weight excluding hydrogens is 326 g/mol. The molecule has 1 heterocycles. The van der Waals surface area contributed by atoms with Crippen LogP contribution < -0.4 is 10.1 Å². The standard InChI is InChI=1S/C18H21NO4S/c1-12(2)11-23-14-5-3-13(4-6-14)9-17(20)19-10-15-7-8-16(24-15)18(21)22/h3-8,12H,9-11H2,1-2H3,(H,19,20)(H,21,22). The molecule has 0 aliphatic carbocycles. The Kier molecular flexibility index (Phi) is 6.37. The van der Waals surface area contributed by atoms with Crippen molar-refractivity contribution >= 4 is 23.2 Å². The summed E-state index contributed by atoms with van der Waals surface area (Å²) >= 11 is 1.17. The predicted molar refractivity (Wildman–Crippen MR) is 93.6 cm³/mol. The second-order valence-electron chi connectivity index (χ2n) is 5.87. The van der Waals surface area contributed by atoms with Gasteiger partial charge in [-0.15, -0.1) is 11.3 Å². The summed E-state index contributed by atoms with van der Waals surface area (Å²) in [6, 6.07) is 10.7. The fourth-order valence-electron chi connectivity index (χ4n) is 1.99. The number of nitrogens with one attached hydrogen (secondary N) is 1. The molecule has 1 aromatic heterocycles. The maximum atomic E-state index is 12.0. The number of rotatable bonds is 8. The van der Waals surface area contributed by atoms with Gasteiger partial charge < -0.3 is 15.2 Å². The van der Waals surface area contributed by atoms with Crippen molar-refractivity contribution in [2.75, 3.05) is 6.61 Å². The summed E-state index contributed by atoms with van der Waals surface area (Å²) in [6.45, 7) is 5.18. The summed E-state index contributed by atoms with van der Waals surface area (Å²) in [5.41, 5.74) is 0.904. The molecule has 128 valence electrons. The van der Waals surface area contributed by atoms with E-state index >= 15 is 0 Å². The number of benzene rings is 1. The molecule has 0 unspecified atom stereocenters. The lowest BCUT2D eigenvalue weighted by atomic mass is 10.1. The van der Waals surface area contributed by atoms with E-state index in [-0.39, 0.29) is 17.2 Å². The van der Waals surface area contributed by atoms with Crippen LogP contribution in [0.25, 0.3) is 0 Å². The van der Waals surface area contributed by atoms with Gasteiger partial charge in [-0.1, -0.05) is 26.0 Å². The number of carboxylic acids is 1. The lowest BCUT2D eigenvalue weighted by molar-refractivity contribution is -0.120. The first-order valence-corrected chi connectivity index (χ1v) is 8.56. The second-order valence-corrected chi connectivity index (χ2v) is 7.04. The van der Waals surface area contributed by atoms with E-state index in [0.717, 1.165) is 16.2 Å². The summed E-state index contributed by atoms with van der Waals surface area (Å²) in [5.74, 6) is 0.218. The number of carbonyl (C=O) groups is 2. The highest BCUT2D eigenvalue weighted by Gasteiger charge is 2.08. The summed E-state index contributed by atoms with van der Waals surface area (Å²) in [7, 11) is 0. The van der Waals surface area contributed by atoms with Gasteiger partial charge in [0.15, 0.2) is 0 Å². The normalized spacial score (nSPS) is 10.6. The molecule has 0 saturated carbocycles. The molecule has 2 N–H and O–H groups in total.